The zero-order valence-corrected chi connectivity index (χ0v) is 12.3. The molecular formula is C13H17BrN2S. The van der Waals surface area contributed by atoms with Gasteiger partial charge < -0.3 is 11.1 Å². The number of hydrogen-bond acceptors (Lipinski definition) is 2. The molecule has 1 fully saturated rings. The number of rotatable bonds is 5. The predicted octanol–water partition coefficient (Wildman–Crippen LogP) is 3.54. The molecule has 0 aliphatic heterocycles. The number of halogens is 1. The van der Waals surface area contributed by atoms with E-state index in [1.807, 2.05) is 18.2 Å². The molecule has 1 aliphatic carbocycles. The smallest absolute Gasteiger partial charge is 0.104 e. The van der Waals surface area contributed by atoms with Crippen LogP contribution in [0.4, 0.5) is 5.69 Å². The number of thiocarbonyl (C=S) groups is 1. The molecule has 1 saturated carbocycles. The summed E-state index contributed by atoms with van der Waals surface area (Å²) in [7, 11) is 0. The summed E-state index contributed by atoms with van der Waals surface area (Å²) < 4.78 is 1.02. The summed E-state index contributed by atoms with van der Waals surface area (Å²) in [5.41, 5.74) is 7.60. The molecule has 1 unspecified atom stereocenters. The summed E-state index contributed by atoms with van der Waals surface area (Å²) in [6, 6.07) is 5.95. The zero-order valence-electron chi connectivity index (χ0n) is 9.87. The maximum absolute atomic E-state index is 5.59. The second-order valence-corrected chi connectivity index (χ2v) is 6.05. The molecule has 1 aliphatic rings. The second kappa shape index (κ2) is 5.36. The van der Waals surface area contributed by atoms with Crippen LogP contribution >= 0.6 is 28.1 Å². The number of nitrogens with one attached hydrogen (secondary N) is 1. The van der Waals surface area contributed by atoms with Gasteiger partial charge in [0.25, 0.3) is 0 Å². The minimum atomic E-state index is 0.434. The number of nitrogens with two attached hydrogens (primary N) is 1. The van der Waals surface area contributed by atoms with E-state index in [-0.39, 0.29) is 0 Å². The largest absolute Gasteiger partial charge is 0.389 e. The molecule has 0 saturated heterocycles. The van der Waals surface area contributed by atoms with Gasteiger partial charge in [-0.25, -0.2) is 0 Å². The summed E-state index contributed by atoms with van der Waals surface area (Å²) in [5, 5.41) is 3.47. The van der Waals surface area contributed by atoms with Gasteiger partial charge in [-0.2, -0.15) is 0 Å². The van der Waals surface area contributed by atoms with Gasteiger partial charge in [-0.05, 0) is 58.8 Å². The van der Waals surface area contributed by atoms with Crippen molar-refractivity contribution in [1.82, 2.24) is 0 Å². The van der Waals surface area contributed by atoms with Crippen LogP contribution in [0.25, 0.3) is 0 Å². The first-order valence-electron chi connectivity index (χ1n) is 5.91. The van der Waals surface area contributed by atoms with Crippen molar-refractivity contribution >= 4 is 38.8 Å². The van der Waals surface area contributed by atoms with Gasteiger partial charge in [0.15, 0.2) is 0 Å². The Morgan fingerprint density at radius 1 is 1.59 bits per heavy atom. The van der Waals surface area contributed by atoms with E-state index in [0.717, 1.165) is 34.1 Å². The van der Waals surface area contributed by atoms with E-state index in [4.69, 9.17) is 18.0 Å². The van der Waals surface area contributed by atoms with Crippen LogP contribution in [0.2, 0.25) is 0 Å². The van der Waals surface area contributed by atoms with Crippen molar-refractivity contribution in [1.29, 1.82) is 0 Å². The van der Waals surface area contributed by atoms with Gasteiger partial charge in [-0.3, -0.25) is 0 Å². The summed E-state index contributed by atoms with van der Waals surface area (Å²) >= 11 is 8.49. The molecule has 4 heteroatoms. The highest BCUT2D eigenvalue weighted by Gasteiger charge is 2.27. The maximum atomic E-state index is 5.59. The van der Waals surface area contributed by atoms with Crippen LogP contribution in [-0.2, 0) is 0 Å². The molecule has 1 aromatic carbocycles. The Bertz CT molecular complexity index is 429. The fourth-order valence-electron chi connectivity index (χ4n) is 1.91. The van der Waals surface area contributed by atoms with Gasteiger partial charge in [0.05, 0.1) is 0 Å². The van der Waals surface area contributed by atoms with E-state index in [1.165, 1.54) is 12.8 Å². The topological polar surface area (TPSA) is 38.0 Å². The molecule has 0 amide bonds. The van der Waals surface area contributed by atoms with E-state index in [9.17, 15) is 0 Å². The third kappa shape index (κ3) is 3.42. The first-order valence-corrected chi connectivity index (χ1v) is 7.11. The summed E-state index contributed by atoms with van der Waals surface area (Å²) in [4.78, 5) is 0.434. The molecule has 0 radical (unpaired) electrons. The Kier molecular flexibility index (Phi) is 4.05. The first-order chi connectivity index (χ1) is 8.08. The monoisotopic (exact) mass is 312 g/mol. The fourth-order valence-corrected chi connectivity index (χ4v) is 2.56. The third-order valence-electron chi connectivity index (χ3n) is 3.29. The van der Waals surface area contributed by atoms with Crippen LogP contribution in [-0.4, -0.2) is 11.5 Å². The highest BCUT2D eigenvalue weighted by Crippen LogP contribution is 2.36. The van der Waals surface area contributed by atoms with Gasteiger partial charge >= 0.3 is 0 Å². The Morgan fingerprint density at radius 2 is 2.29 bits per heavy atom. The molecule has 2 rings (SSSR count). The highest BCUT2D eigenvalue weighted by atomic mass is 79.9. The molecular weight excluding hydrogens is 296 g/mol. The second-order valence-electron chi connectivity index (χ2n) is 4.75. The van der Waals surface area contributed by atoms with E-state index >= 15 is 0 Å². The van der Waals surface area contributed by atoms with Gasteiger partial charge in [0.2, 0.25) is 0 Å². The molecule has 1 atom stereocenters. The molecule has 92 valence electrons. The third-order valence-corrected chi connectivity index (χ3v) is 4.19. The van der Waals surface area contributed by atoms with E-state index in [2.05, 4.69) is 28.2 Å². The SMILES string of the molecule is CC(CNc1ccc(C(N)=S)cc1Br)C1CC1. The Labute approximate surface area is 116 Å². The zero-order chi connectivity index (χ0) is 12.4. The minimum absolute atomic E-state index is 0.434. The Morgan fingerprint density at radius 3 is 2.82 bits per heavy atom. The lowest BCUT2D eigenvalue weighted by Gasteiger charge is -2.14. The minimum Gasteiger partial charge on any atom is -0.389 e. The molecule has 1 aromatic rings. The fraction of sp³-hybridized carbons (Fsp3) is 0.462. The lowest BCUT2D eigenvalue weighted by molar-refractivity contribution is 0.536. The number of benzene rings is 1. The quantitative estimate of drug-likeness (QED) is 0.817. The van der Waals surface area contributed by atoms with Crippen molar-refractivity contribution in [3.05, 3.63) is 28.2 Å². The van der Waals surface area contributed by atoms with Crippen LogP contribution in [0.5, 0.6) is 0 Å². The van der Waals surface area contributed by atoms with Crippen LogP contribution < -0.4 is 11.1 Å². The van der Waals surface area contributed by atoms with Crippen molar-refractivity contribution < 1.29 is 0 Å². The van der Waals surface area contributed by atoms with Crippen LogP contribution in [0.3, 0.4) is 0 Å². The number of hydrogen-bond donors (Lipinski definition) is 2. The summed E-state index contributed by atoms with van der Waals surface area (Å²) in [6.07, 6.45) is 2.79. The Hall–Kier alpha value is -0.610. The highest BCUT2D eigenvalue weighted by molar-refractivity contribution is 9.10. The van der Waals surface area contributed by atoms with Gasteiger partial charge in [-0.1, -0.05) is 19.1 Å². The average molecular weight is 313 g/mol. The van der Waals surface area contributed by atoms with Crippen molar-refractivity contribution in [2.75, 3.05) is 11.9 Å². The van der Waals surface area contributed by atoms with Crippen molar-refractivity contribution in [2.45, 2.75) is 19.8 Å². The molecule has 0 heterocycles. The molecule has 2 nitrogen and oxygen atoms in total. The standard InChI is InChI=1S/C13H17BrN2S/c1-8(9-2-3-9)7-16-12-5-4-10(13(15)17)6-11(12)14/h4-6,8-9,16H,2-3,7H2,1H3,(H2,15,17). The average Bonchev–Trinajstić information content (AvgIpc) is 3.10. The van der Waals surface area contributed by atoms with E-state index < -0.39 is 0 Å². The van der Waals surface area contributed by atoms with E-state index in [1.54, 1.807) is 0 Å². The molecule has 0 aromatic heterocycles. The molecule has 17 heavy (non-hydrogen) atoms. The molecule has 3 N–H and O–H groups in total. The molecule has 0 bridgehead atoms. The van der Waals surface area contributed by atoms with Gasteiger partial charge in [0, 0.05) is 22.3 Å². The van der Waals surface area contributed by atoms with Gasteiger partial charge in [0.1, 0.15) is 4.99 Å². The Balaban J connectivity index is 1.98. The van der Waals surface area contributed by atoms with Crippen LogP contribution in [0.15, 0.2) is 22.7 Å². The summed E-state index contributed by atoms with van der Waals surface area (Å²) in [5.74, 6) is 1.68. The predicted molar refractivity (Wildman–Crippen MR) is 80.4 cm³/mol. The van der Waals surface area contributed by atoms with Crippen molar-refractivity contribution in [3.63, 3.8) is 0 Å². The molecule has 0 spiro atoms. The van der Waals surface area contributed by atoms with E-state index in [0.29, 0.717) is 4.99 Å². The van der Waals surface area contributed by atoms with Gasteiger partial charge in [-0.15, -0.1) is 0 Å². The summed E-state index contributed by atoms with van der Waals surface area (Å²) in [6.45, 7) is 3.33. The lowest BCUT2D eigenvalue weighted by Crippen LogP contribution is -2.14. The maximum Gasteiger partial charge on any atom is 0.104 e. The normalized spacial score (nSPS) is 16.6. The van der Waals surface area contributed by atoms with Crippen molar-refractivity contribution in [3.8, 4) is 0 Å². The van der Waals surface area contributed by atoms with Crippen molar-refractivity contribution in [2.24, 2.45) is 17.6 Å². The van der Waals surface area contributed by atoms with Crippen LogP contribution in [0.1, 0.15) is 25.3 Å². The lowest BCUT2D eigenvalue weighted by atomic mass is 10.1. The number of anilines is 1. The van der Waals surface area contributed by atoms with Crippen LogP contribution in [0, 0.1) is 11.8 Å². The first kappa shape index (κ1) is 12.8.